The van der Waals surface area contributed by atoms with Crippen molar-refractivity contribution in [2.24, 2.45) is 0 Å². The summed E-state index contributed by atoms with van der Waals surface area (Å²) in [5, 5.41) is 3.95. The molecule has 0 unspecified atom stereocenters. The second kappa shape index (κ2) is 7.92. The minimum absolute atomic E-state index is 0.112. The van der Waals surface area contributed by atoms with Crippen molar-refractivity contribution in [1.29, 1.82) is 0 Å². The van der Waals surface area contributed by atoms with Gasteiger partial charge in [0.05, 0.1) is 22.8 Å². The standard InChI is InChI=1S/C17H16BrClN5O2P/c1-26-16-11(7-20-9-22-16)10-4-5-13(14(6-10)27(2,3)25)23-15-12(18)8-21-17(19)24-15/h4-9H,1-3H3,(H,21,23,24). The molecule has 0 atom stereocenters. The Kier molecular flexibility index (Phi) is 5.79. The summed E-state index contributed by atoms with van der Waals surface area (Å²) in [6.07, 6.45) is 4.63. The molecule has 3 rings (SSSR count). The molecule has 0 radical (unpaired) electrons. The minimum atomic E-state index is -2.63. The Labute approximate surface area is 170 Å². The molecule has 27 heavy (non-hydrogen) atoms. The largest absolute Gasteiger partial charge is 0.480 e. The van der Waals surface area contributed by atoms with E-state index in [2.05, 4.69) is 41.2 Å². The number of hydrogen-bond acceptors (Lipinski definition) is 7. The second-order valence-electron chi connectivity index (χ2n) is 5.99. The molecular weight excluding hydrogens is 453 g/mol. The zero-order valence-corrected chi connectivity index (χ0v) is 18.0. The average molecular weight is 469 g/mol. The van der Waals surface area contributed by atoms with Crippen LogP contribution in [-0.4, -0.2) is 40.4 Å². The molecule has 0 saturated carbocycles. The third kappa shape index (κ3) is 4.46. The number of ether oxygens (including phenoxy) is 1. The number of nitrogens with zero attached hydrogens (tertiary/aromatic N) is 4. The summed E-state index contributed by atoms with van der Waals surface area (Å²) in [7, 11) is -1.08. The molecule has 2 aromatic heterocycles. The summed E-state index contributed by atoms with van der Waals surface area (Å²) in [4.78, 5) is 16.3. The smallest absolute Gasteiger partial charge is 0.224 e. The van der Waals surface area contributed by atoms with Gasteiger partial charge in [-0.2, -0.15) is 4.98 Å². The Bertz CT molecular complexity index is 1040. The molecule has 0 fully saturated rings. The van der Waals surface area contributed by atoms with E-state index in [9.17, 15) is 4.57 Å². The van der Waals surface area contributed by atoms with E-state index in [4.69, 9.17) is 16.3 Å². The fraction of sp³-hybridized carbons (Fsp3) is 0.176. The first kappa shape index (κ1) is 19.7. The van der Waals surface area contributed by atoms with Gasteiger partial charge in [0.25, 0.3) is 0 Å². The SMILES string of the molecule is COc1ncncc1-c1ccc(Nc2nc(Cl)ncc2Br)c(P(C)(C)=O)c1. The molecule has 10 heteroatoms. The maximum absolute atomic E-state index is 12.9. The van der Waals surface area contributed by atoms with E-state index in [1.54, 1.807) is 32.8 Å². The van der Waals surface area contributed by atoms with Gasteiger partial charge in [-0.05, 0) is 58.6 Å². The summed E-state index contributed by atoms with van der Waals surface area (Å²) in [5.41, 5.74) is 2.18. The van der Waals surface area contributed by atoms with Crippen LogP contribution < -0.4 is 15.4 Å². The monoisotopic (exact) mass is 467 g/mol. The van der Waals surface area contributed by atoms with E-state index in [0.29, 0.717) is 32.7 Å². The average Bonchev–Trinajstić information content (AvgIpc) is 2.64. The van der Waals surface area contributed by atoms with Crippen LogP contribution in [0.4, 0.5) is 11.5 Å². The minimum Gasteiger partial charge on any atom is -0.480 e. The first-order valence-electron chi connectivity index (χ1n) is 7.78. The van der Waals surface area contributed by atoms with Crippen molar-refractivity contribution in [2.45, 2.75) is 0 Å². The highest BCUT2D eigenvalue weighted by Crippen LogP contribution is 2.41. The van der Waals surface area contributed by atoms with Crippen molar-refractivity contribution in [3.05, 3.63) is 46.7 Å². The maximum atomic E-state index is 12.9. The van der Waals surface area contributed by atoms with Gasteiger partial charge in [0.15, 0.2) is 0 Å². The molecule has 0 aliphatic rings. The summed E-state index contributed by atoms with van der Waals surface area (Å²) < 4.78 is 18.9. The highest BCUT2D eigenvalue weighted by Gasteiger charge is 2.20. The number of hydrogen-bond donors (Lipinski definition) is 1. The van der Waals surface area contributed by atoms with Crippen molar-refractivity contribution < 1.29 is 9.30 Å². The molecule has 3 aromatic rings. The zero-order valence-electron chi connectivity index (χ0n) is 14.8. The van der Waals surface area contributed by atoms with Crippen molar-refractivity contribution in [3.63, 3.8) is 0 Å². The fourth-order valence-corrected chi connectivity index (χ4v) is 4.07. The molecule has 0 bridgehead atoms. The van der Waals surface area contributed by atoms with Crippen LogP contribution in [-0.2, 0) is 4.57 Å². The molecule has 140 valence electrons. The Morgan fingerprint density at radius 1 is 1.22 bits per heavy atom. The summed E-state index contributed by atoms with van der Waals surface area (Å²) in [6.45, 7) is 3.41. The molecular formula is C17H16BrClN5O2P. The number of benzene rings is 1. The molecule has 1 N–H and O–H groups in total. The van der Waals surface area contributed by atoms with Gasteiger partial charge in [0.2, 0.25) is 11.2 Å². The molecule has 0 saturated heterocycles. The topological polar surface area (TPSA) is 89.9 Å². The van der Waals surface area contributed by atoms with Gasteiger partial charge < -0.3 is 14.6 Å². The lowest BCUT2D eigenvalue weighted by Crippen LogP contribution is -2.11. The zero-order chi connectivity index (χ0) is 19.6. The number of aromatic nitrogens is 4. The number of anilines is 2. The highest BCUT2D eigenvalue weighted by molar-refractivity contribution is 9.10. The molecule has 0 aliphatic heterocycles. The Morgan fingerprint density at radius 3 is 2.70 bits per heavy atom. The van der Waals surface area contributed by atoms with Crippen molar-refractivity contribution in [1.82, 2.24) is 19.9 Å². The molecule has 2 heterocycles. The Balaban J connectivity index is 2.11. The van der Waals surface area contributed by atoms with Crippen LogP contribution in [0.15, 0.2) is 41.4 Å². The van der Waals surface area contributed by atoms with Crippen LogP contribution in [0.2, 0.25) is 5.28 Å². The van der Waals surface area contributed by atoms with Crippen molar-refractivity contribution in [3.8, 4) is 17.0 Å². The lowest BCUT2D eigenvalue weighted by atomic mass is 10.1. The van der Waals surface area contributed by atoms with Crippen molar-refractivity contribution in [2.75, 3.05) is 25.8 Å². The third-order valence-corrected chi connectivity index (χ3v) is 6.02. The quantitative estimate of drug-likeness (QED) is 0.440. The van der Waals surface area contributed by atoms with E-state index >= 15 is 0 Å². The van der Waals surface area contributed by atoms with E-state index in [1.165, 1.54) is 6.33 Å². The van der Waals surface area contributed by atoms with Gasteiger partial charge >= 0.3 is 0 Å². The van der Waals surface area contributed by atoms with E-state index in [0.717, 1.165) is 5.56 Å². The first-order chi connectivity index (χ1) is 12.8. The Hall–Kier alpha value is -2.02. The molecule has 0 spiro atoms. The first-order valence-corrected chi connectivity index (χ1v) is 11.6. The third-order valence-electron chi connectivity index (χ3n) is 3.73. The molecule has 0 aliphatic carbocycles. The summed E-state index contributed by atoms with van der Waals surface area (Å²) in [5.74, 6) is 0.932. The predicted molar refractivity (Wildman–Crippen MR) is 111 cm³/mol. The van der Waals surface area contributed by atoms with E-state index in [-0.39, 0.29) is 5.28 Å². The molecule has 1 aromatic carbocycles. The van der Waals surface area contributed by atoms with E-state index in [1.807, 2.05) is 18.2 Å². The summed E-state index contributed by atoms with van der Waals surface area (Å²) >= 11 is 9.27. The number of halogens is 2. The van der Waals surface area contributed by atoms with E-state index < -0.39 is 7.14 Å². The highest BCUT2D eigenvalue weighted by atomic mass is 79.9. The maximum Gasteiger partial charge on any atom is 0.224 e. The van der Waals surface area contributed by atoms with Gasteiger partial charge in [-0.3, -0.25) is 0 Å². The normalized spacial score (nSPS) is 11.3. The Morgan fingerprint density at radius 2 is 2.00 bits per heavy atom. The van der Waals surface area contributed by atoms with Crippen LogP contribution in [0.1, 0.15) is 0 Å². The fourth-order valence-electron chi connectivity index (χ4n) is 2.49. The predicted octanol–water partition coefficient (Wildman–Crippen LogP) is 4.35. The van der Waals surface area contributed by atoms with Gasteiger partial charge in [0.1, 0.15) is 19.3 Å². The number of methoxy groups -OCH3 is 1. The molecule has 7 nitrogen and oxygen atoms in total. The van der Waals surface area contributed by atoms with Crippen molar-refractivity contribution >= 4 is 51.5 Å². The number of rotatable bonds is 5. The van der Waals surface area contributed by atoms with Gasteiger partial charge in [-0.15, -0.1) is 0 Å². The second-order valence-corrected chi connectivity index (χ2v) is 10.4. The van der Waals surface area contributed by atoms with Gasteiger partial charge in [-0.25, -0.2) is 15.0 Å². The van der Waals surface area contributed by atoms with Crippen LogP contribution in [0.3, 0.4) is 0 Å². The summed E-state index contributed by atoms with van der Waals surface area (Å²) in [6, 6.07) is 5.56. The van der Waals surface area contributed by atoms with Crippen LogP contribution >= 0.6 is 34.7 Å². The van der Waals surface area contributed by atoms with Crippen LogP contribution in [0, 0.1) is 0 Å². The van der Waals surface area contributed by atoms with Gasteiger partial charge in [0, 0.05) is 17.7 Å². The van der Waals surface area contributed by atoms with Gasteiger partial charge in [-0.1, -0.05) is 6.07 Å². The molecule has 0 amide bonds. The lowest BCUT2D eigenvalue weighted by molar-refractivity contribution is 0.398. The number of nitrogens with one attached hydrogen (secondary N) is 1. The lowest BCUT2D eigenvalue weighted by Gasteiger charge is -2.17. The van der Waals surface area contributed by atoms with Crippen LogP contribution in [0.5, 0.6) is 5.88 Å². The van der Waals surface area contributed by atoms with Crippen LogP contribution in [0.25, 0.3) is 11.1 Å².